The highest BCUT2D eigenvalue weighted by molar-refractivity contribution is 7.99. The summed E-state index contributed by atoms with van der Waals surface area (Å²) >= 11 is 6.94. The summed E-state index contributed by atoms with van der Waals surface area (Å²) in [5.41, 5.74) is 0. The van der Waals surface area contributed by atoms with Crippen LogP contribution in [0.3, 0.4) is 0 Å². The quantitative estimate of drug-likeness (QED) is 0.769. The van der Waals surface area contributed by atoms with Crippen LogP contribution in [0, 0.1) is 0 Å². The van der Waals surface area contributed by atoms with Gasteiger partial charge in [0, 0.05) is 5.75 Å². The Morgan fingerprint density at radius 3 is 2.86 bits per heavy atom. The van der Waals surface area contributed by atoms with E-state index in [1.165, 1.54) is 11.8 Å². The van der Waals surface area contributed by atoms with Crippen LogP contribution in [0.15, 0.2) is 5.16 Å². The Morgan fingerprint density at radius 1 is 1.43 bits per heavy atom. The molecular formula is C7H10ClN3O2S. The molecular weight excluding hydrogens is 226 g/mol. The lowest BCUT2D eigenvalue weighted by atomic mass is 10.9. The van der Waals surface area contributed by atoms with Gasteiger partial charge >= 0.3 is 6.01 Å². The first-order valence-electron chi connectivity index (χ1n) is 4.04. The van der Waals surface area contributed by atoms with Gasteiger partial charge in [-0.25, -0.2) is 0 Å². The number of rotatable bonds is 5. The number of ether oxygens (including phenoxy) is 1. The third kappa shape index (κ3) is 3.65. The Labute approximate surface area is 90.9 Å². The summed E-state index contributed by atoms with van der Waals surface area (Å²) in [5, 5.41) is 9.17. The highest BCUT2D eigenvalue weighted by atomic mass is 35.5. The molecule has 0 saturated heterocycles. The minimum Gasteiger partial charge on any atom is -0.464 e. The van der Waals surface area contributed by atoms with E-state index in [1.54, 1.807) is 0 Å². The molecule has 0 fully saturated rings. The summed E-state index contributed by atoms with van der Waals surface area (Å²) in [6.07, 6.45) is 0. The van der Waals surface area contributed by atoms with E-state index in [2.05, 4.69) is 15.0 Å². The van der Waals surface area contributed by atoms with Gasteiger partial charge in [-0.3, -0.25) is 0 Å². The average molecular weight is 236 g/mol. The van der Waals surface area contributed by atoms with Crippen molar-refractivity contribution in [2.45, 2.75) is 12.1 Å². The molecule has 0 aliphatic heterocycles. The van der Waals surface area contributed by atoms with E-state index in [0.717, 1.165) is 0 Å². The Hall–Kier alpha value is -0.590. The molecule has 1 N–H and O–H groups in total. The van der Waals surface area contributed by atoms with Crippen molar-refractivity contribution in [3.63, 3.8) is 0 Å². The second-order valence-electron chi connectivity index (χ2n) is 2.17. The Kier molecular flexibility index (Phi) is 4.92. The Bertz CT molecular complexity index is 300. The second kappa shape index (κ2) is 6.00. The van der Waals surface area contributed by atoms with Crippen LogP contribution in [-0.4, -0.2) is 39.0 Å². The monoisotopic (exact) mass is 235 g/mol. The largest absolute Gasteiger partial charge is 0.464 e. The first-order chi connectivity index (χ1) is 6.76. The lowest BCUT2D eigenvalue weighted by Crippen LogP contribution is -2.01. The van der Waals surface area contributed by atoms with Gasteiger partial charge in [0.25, 0.3) is 0 Å². The number of hydrogen-bond donors (Lipinski definition) is 1. The van der Waals surface area contributed by atoms with Crippen molar-refractivity contribution in [2.75, 3.05) is 19.0 Å². The zero-order chi connectivity index (χ0) is 10.4. The number of aliphatic hydroxyl groups excluding tert-OH is 1. The van der Waals surface area contributed by atoms with Gasteiger partial charge in [0.05, 0.1) is 13.2 Å². The molecule has 0 radical (unpaired) electrons. The van der Waals surface area contributed by atoms with E-state index in [9.17, 15) is 0 Å². The summed E-state index contributed by atoms with van der Waals surface area (Å²) in [6, 6.07) is 0.216. The molecule has 1 rings (SSSR count). The second-order valence-corrected chi connectivity index (χ2v) is 3.57. The van der Waals surface area contributed by atoms with E-state index >= 15 is 0 Å². The van der Waals surface area contributed by atoms with Crippen molar-refractivity contribution in [2.24, 2.45) is 0 Å². The highest BCUT2D eigenvalue weighted by Gasteiger charge is 2.05. The molecule has 0 amide bonds. The van der Waals surface area contributed by atoms with E-state index in [-0.39, 0.29) is 17.9 Å². The molecule has 78 valence electrons. The molecule has 0 bridgehead atoms. The molecule has 0 spiro atoms. The van der Waals surface area contributed by atoms with Gasteiger partial charge < -0.3 is 9.84 Å². The molecule has 0 unspecified atom stereocenters. The molecule has 14 heavy (non-hydrogen) atoms. The highest BCUT2D eigenvalue weighted by Crippen LogP contribution is 2.16. The minimum absolute atomic E-state index is 0.0674. The number of halogens is 1. The van der Waals surface area contributed by atoms with Crippen LogP contribution in [0.2, 0.25) is 5.28 Å². The third-order valence-electron chi connectivity index (χ3n) is 1.16. The van der Waals surface area contributed by atoms with E-state index in [0.29, 0.717) is 17.5 Å². The summed E-state index contributed by atoms with van der Waals surface area (Å²) in [7, 11) is 0. The molecule has 5 nitrogen and oxygen atoms in total. The smallest absolute Gasteiger partial charge is 0.321 e. The van der Waals surface area contributed by atoms with Gasteiger partial charge in [-0.05, 0) is 18.5 Å². The van der Waals surface area contributed by atoms with Gasteiger partial charge in [0.15, 0.2) is 5.16 Å². The molecule has 0 aliphatic rings. The summed E-state index contributed by atoms with van der Waals surface area (Å²) in [5.74, 6) is 0.520. The normalized spacial score (nSPS) is 10.2. The topological polar surface area (TPSA) is 68.1 Å². The van der Waals surface area contributed by atoms with Crippen molar-refractivity contribution in [1.82, 2.24) is 15.0 Å². The van der Waals surface area contributed by atoms with Crippen LogP contribution in [0.25, 0.3) is 0 Å². The summed E-state index contributed by atoms with van der Waals surface area (Å²) < 4.78 is 5.08. The van der Waals surface area contributed by atoms with E-state index < -0.39 is 0 Å². The van der Waals surface area contributed by atoms with Crippen molar-refractivity contribution >= 4 is 23.4 Å². The van der Waals surface area contributed by atoms with Crippen molar-refractivity contribution in [3.8, 4) is 6.01 Å². The maximum absolute atomic E-state index is 8.61. The SMILES string of the molecule is CCOc1nc(Cl)nc(SCCO)n1. The zero-order valence-electron chi connectivity index (χ0n) is 7.60. The molecule has 0 saturated carbocycles. The first-order valence-corrected chi connectivity index (χ1v) is 5.40. The molecule has 0 atom stereocenters. The standard InChI is InChI=1S/C7H10ClN3O2S/c1-2-13-6-9-5(8)10-7(11-6)14-4-3-12/h12H,2-4H2,1H3. The van der Waals surface area contributed by atoms with E-state index in [4.69, 9.17) is 21.4 Å². The van der Waals surface area contributed by atoms with Gasteiger partial charge in [0.2, 0.25) is 5.28 Å². The summed E-state index contributed by atoms with van der Waals surface area (Å²) in [4.78, 5) is 11.6. The lowest BCUT2D eigenvalue weighted by molar-refractivity contribution is 0.307. The zero-order valence-corrected chi connectivity index (χ0v) is 9.18. The number of thioether (sulfide) groups is 1. The van der Waals surface area contributed by atoms with Gasteiger partial charge in [0.1, 0.15) is 0 Å². The number of nitrogens with zero attached hydrogens (tertiary/aromatic N) is 3. The lowest BCUT2D eigenvalue weighted by Gasteiger charge is -2.02. The fraction of sp³-hybridized carbons (Fsp3) is 0.571. The van der Waals surface area contributed by atoms with Crippen LogP contribution in [0.5, 0.6) is 6.01 Å². The molecule has 1 heterocycles. The fourth-order valence-corrected chi connectivity index (χ4v) is 1.48. The Balaban J connectivity index is 2.73. The average Bonchev–Trinajstić information content (AvgIpc) is 2.14. The first kappa shape index (κ1) is 11.5. The Morgan fingerprint density at radius 2 is 2.21 bits per heavy atom. The van der Waals surface area contributed by atoms with Crippen LogP contribution in [-0.2, 0) is 0 Å². The number of hydrogen-bond acceptors (Lipinski definition) is 6. The molecule has 0 aromatic carbocycles. The summed E-state index contributed by atoms with van der Waals surface area (Å²) in [6.45, 7) is 2.38. The van der Waals surface area contributed by atoms with Gasteiger partial charge in [-0.1, -0.05) is 11.8 Å². The van der Waals surface area contributed by atoms with Crippen molar-refractivity contribution in [1.29, 1.82) is 0 Å². The van der Waals surface area contributed by atoms with Gasteiger partial charge in [-0.15, -0.1) is 0 Å². The van der Waals surface area contributed by atoms with E-state index in [1.807, 2.05) is 6.92 Å². The third-order valence-corrected chi connectivity index (χ3v) is 2.16. The maximum Gasteiger partial charge on any atom is 0.321 e. The van der Waals surface area contributed by atoms with Crippen molar-refractivity contribution < 1.29 is 9.84 Å². The molecule has 1 aromatic heterocycles. The fourth-order valence-electron chi connectivity index (χ4n) is 0.710. The van der Waals surface area contributed by atoms with Crippen LogP contribution < -0.4 is 4.74 Å². The van der Waals surface area contributed by atoms with Crippen LogP contribution in [0.4, 0.5) is 0 Å². The van der Waals surface area contributed by atoms with Crippen LogP contribution in [0.1, 0.15) is 6.92 Å². The number of aromatic nitrogens is 3. The minimum atomic E-state index is 0.0674. The predicted octanol–water partition coefficient (Wildman–Crippen LogP) is 1.01. The predicted molar refractivity (Wildman–Crippen MR) is 53.8 cm³/mol. The molecule has 1 aromatic rings. The van der Waals surface area contributed by atoms with Crippen molar-refractivity contribution in [3.05, 3.63) is 5.28 Å². The molecule has 0 aliphatic carbocycles. The molecule has 7 heteroatoms. The van der Waals surface area contributed by atoms with Crippen LogP contribution >= 0.6 is 23.4 Å². The number of aliphatic hydroxyl groups is 1. The van der Waals surface area contributed by atoms with Gasteiger partial charge in [-0.2, -0.15) is 15.0 Å². The maximum atomic E-state index is 8.61.